The van der Waals surface area contributed by atoms with Crippen LogP contribution in [-0.4, -0.2) is 65.2 Å². The Bertz CT molecular complexity index is 814. The number of halogens is 1. The van der Waals surface area contributed by atoms with Crippen molar-refractivity contribution in [2.45, 2.75) is 56.6 Å². The molecule has 2 heterocycles. The highest BCUT2D eigenvalue weighted by molar-refractivity contribution is 6.36. The summed E-state index contributed by atoms with van der Waals surface area (Å²) in [6.45, 7) is 1.63. The van der Waals surface area contributed by atoms with Crippen LogP contribution in [0.15, 0.2) is 0 Å². The number of hydrogen-bond donors (Lipinski definition) is 1. The Morgan fingerprint density at radius 3 is 2.62 bits per heavy atom. The molecule has 0 aromatic carbocycles. The van der Waals surface area contributed by atoms with Crippen LogP contribution in [-0.2, 0) is 7.05 Å². The highest BCUT2D eigenvalue weighted by atomic mass is 35.5. The molecule has 1 aromatic heterocycles. The predicted molar refractivity (Wildman–Crippen MR) is 113 cm³/mol. The smallest absolute Gasteiger partial charge is 0.184 e. The third kappa shape index (κ3) is 3.33. The molecule has 5 fully saturated rings. The molecule has 1 aliphatic heterocycles. The average molecular weight is 417 g/mol. The molecule has 0 amide bonds. The first-order chi connectivity index (χ1) is 13.7. The van der Waals surface area contributed by atoms with Gasteiger partial charge in [-0.05, 0) is 68.7 Å². The van der Waals surface area contributed by atoms with E-state index < -0.39 is 5.60 Å². The van der Waals surface area contributed by atoms with Crippen LogP contribution in [0.25, 0.3) is 0 Å². The van der Waals surface area contributed by atoms with E-state index in [1.165, 1.54) is 0 Å². The maximum Gasteiger partial charge on any atom is 0.184 e. The minimum Gasteiger partial charge on any atom is -0.390 e. The Labute approximate surface area is 179 Å². The number of rotatable bonds is 5. The van der Waals surface area contributed by atoms with E-state index in [9.17, 15) is 9.90 Å². The normalized spacial score (nSPS) is 38.7. The van der Waals surface area contributed by atoms with Crippen LogP contribution in [0.1, 0.15) is 55.4 Å². The molecular weight excluding hydrogens is 387 g/mol. The molecule has 4 bridgehead atoms. The highest BCUT2D eigenvalue weighted by Gasteiger charge is 2.54. The van der Waals surface area contributed by atoms with Crippen molar-refractivity contribution in [3.05, 3.63) is 10.7 Å². The maximum absolute atomic E-state index is 13.2. The topological polar surface area (TPSA) is 61.6 Å². The van der Waals surface area contributed by atoms with Crippen molar-refractivity contribution in [2.24, 2.45) is 30.7 Å². The number of hydrogen-bond acceptors (Lipinski definition) is 5. The van der Waals surface area contributed by atoms with Gasteiger partial charge in [-0.25, -0.2) is 0 Å². The minimum atomic E-state index is -0.466. The fourth-order valence-corrected chi connectivity index (χ4v) is 7.44. The summed E-state index contributed by atoms with van der Waals surface area (Å²) in [6.07, 6.45) is 6.48. The lowest BCUT2D eigenvalue weighted by Gasteiger charge is -2.58. The number of carbonyl (C=O) groups excluding carboxylic acids is 1. The summed E-state index contributed by atoms with van der Waals surface area (Å²) in [5.74, 6) is 2.77. The van der Waals surface area contributed by atoms with Crippen molar-refractivity contribution < 1.29 is 9.90 Å². The van der Waals surface area contributed by atoms with Gasteiger partial charge in [0.05, 0.1) is 5.60 Å². The lowest BCUT2D eigenvalue weighted by molar-refractivity contribution is -0.151. The summed E-state index contributed by atoms with van der Waals surface area (Å²) in [5.41, 5.74) is -0.0710. The second-order valence-electron chi connectivity index (χ2n) is 10.1. The summed E-state index contributed by atoms with van der Waals surface area (Å²) in [6, 6.07) is 0.265. The van der Waals surface area contributed by atoms with Crippen molar-refractivity contribution in [3.8, 4) is 0 Å². The van der Waals surface area contributed by atoms with Gasteiger partial charge in [-0.2, -0.15) is 5.10 Å². The van der Waals surface area contributed by atoms with Gasteiger partial charge in [-0.3, -0.25) is 9.48 Å². The summed E-state index contributed by atoms with van der Waals surface area (Å²) in [4.78, 5) is 17.2. The second kappa shape index (κ2) is 6.99. The van der Waals surface area contributed by atoms with Crippen molar-refractivity contribution >= 4 is 31.2 Å². The number of aliphatic hydroxyl groups is 1. The van der Waals surface area contributed by atoms with Gasteiger partial charge in [0.15, 0.2) is 13.8 Å². The second-order valence-corrected chi connectivity index (χ2v) is 10.5. The molecule has 3 atom stereocenters. The third-order valence-electron chi connectivity index (χ3n) is 8.16. The van der Waals surface area contributed by atoms with Crippen molar-refractivity contribution in [2.75, 3.05) is 25.0 Å². The number of anilines is 1. The van der Waals surface area contributed by atoms with E-state index in [2.05, 4.69) is 10.00 Å². The van der Waals surface area contributed by atoms with E-state index in [0.717, 1.165) is 57.4 Å². The third-order valence-corrected chi connectivity index (χ3v) is 8.51. The Morgan fingerprint density at radius 1 is 1.34 bits per heavy atom. The fraction of sp³-hybridized carbons (Fsp3) is 0.810. The van der Waals surface area contributed by atoms with Gasteiger partial charge in [0, 0.05) is 33.1 Å². The number of nitrogens with zero attached hydrogens (tertiary/aromatic N) is 4. The average Bonchev–Trinajstić information content (AvgIpc) is 3.19. The first kappa shape index (κ1) is 19.9. The molecule has 1 aromatic rings. The van der Waals surface area contributed by atoms with Gasteiger partial charge in [0.25, 0.3) is 0 Å². The number of carbonyl (C=O) groups is 1. The zero-order valence-corrected chi connectivity index (χ0v) is 18.1. The zero-order chi connectivity index (χ0) is 20.5. The molecule has 6 rings (SSSR count). The molecule has 29 heavy (non-hydrogen) atoms. The van der Waals surface area contributed by atoms with Crippen LogP contribution in [0.4, 0.5) is 5.82 Å². The molecule has 1 saturated heterocycles. The predicted octanol–water partition coefficient (Wildman–Crippen LogP) is 2.43. The van der Waals surface area contributed by atoms with Gasteiger partial charge in [-0.15, -0.1) is 0 Å². The van der Waals surface area contributed by atoms with E-state index in [1.807, 2.05) is 18.9 Å². The molecule has 2 radical (unpaired) electrons. The Morgan fingerprint density at radius 2 is 2.03 bits per heavy atom. The van der Waals surface area contributed by atoms with Crippen LogP contribution in [0, 0.1) is 23.7 Å². The lowest BCUT2D eigenvalue weighted by Crippen LogP contribution is -2.54. The van der Waals surface area contributed by atoms with Crippen LogP contribution in [0.3, 0.4) is 0 Å². The summed E-state index contributed by atoms with van der Waals surface area (Å²) < 4.78 is 1.73. The van der Waals surface area contributed by atoms with E-state index in [1.54, 1.807) is 4.68 Å². The van der Waals surface area contributed by atoms with Gasteiger partial charge in [-0.1, -0.05) is 11.6 Å². The largest absolute Gasteiger partial charge is 0.390 e. The zero-order valence-electron chi connectivity index (χ0n) is 17.4. The molecule has 4 saturated carbocycles. The molecule has 1 N–H and O–H groups in total. The van der Waals surface area contributed by atoms with Crippen LogP contribution in [0.2, 0.25) is 5.02 Å². The number of likely N-dealkylation sites (N-methyl/N-ethyl adjacent to an activating group) is 1. The monoisotopic (exact) mass is 416 g/mol. The van der Waals surface area contributed by atoms with Gasteiger partial charge in [0.2, 0.25) is 0 Å². The standard InChI is InChI=1S/C21H30BClN4O2/c1-25(15-3-4-27(22)11-15)20-18(23)19(24-26(20)2)17(28)7-16-13-5-12-6-14(16)10-21(29,8-12)9-13/h12-16,29H,3-11H2,1-2H3/t12?,13?,14?,15-,16?,21?/m0/s1. The van der Waals surface area contributed by atoms with Gasteiger partial charge >= 0.3 is 0 Å². The van der Waals surface area contributed by atoms with Crippen LogP contribution < -0.4 is 4.90 Å². The molecule has 0 spiro atoms. The Hall–Kier alpha value is -1.05. The van der Waals surface area contributed by atoms with Gasteiger partial charge in [0.1, 0.15) is 16.5 Å². The van der Waals surface area contributed by atoms with E-state index in [0.29, 0.717) is 40.8 Å². The first-order valence-electron chi connectivity index (χ1n) is 10.9. The van der Waals surface area contributed by atoms with Crippen molar-refractivity contribution in [1.29, 1.82) is 0 Å². The molecule has 4 aliphatic carbocycles. The lowest BCUT2D eigenvalue weighted by atomic mass is 9.49. The first-order valence-corrected chi connectivity index (χ1v) is 11.3. The Balaban J connectivity index is 1.33. The summed E-state index contributed by atoms with van der Waals surface area (Å²) in [7, 11) is 9.77. The summed E-state index contributed by atoms with van der Waals surface area (Å²) >= 11 is 6.69. The number of ketones is 1. The highest BCUT2D eigenvalue weighted by Crippen LogP contribution is 2.59. The van der Waals surface area contributed by atoms with E-state index >= 15 is 0 Å². The molecular formula is C21H30BClN4O2. The van der Waals surface area contributed by atoms with Crippen LogP contribution >= 0.6 is 11.6 Å². The minimum absolute atomic E-state index is 0.0431. The van der Waals surface area contributed by atoms with E-state index in [4.69, 9.17) is 19.6 Å². The Kier molecular flexibility index (Phi) is 4.80. The van der Waals surface area contributed by atoms with Crippen molar-refractivity contribution in [1.82, 2.24) is 14.6 Å². The number of aryl methyl sites for hydroxylation is 1. The maximum atomic E-state index is 13.2. The summed E-state index contributed by atoms with van der Waals surface area (Å²) in [5, 5.41) is 15.8. The molecule has 156 valence electrons. The number of Topliss-reactive ketones (excluding diaryl/α,β-unsaturated/α-hetero) is 1. The molecule has 6 nitrogen and oxygen atoms in total. The van der Waals surface area contributed by atoms with Crippen LogP contribution in [0.5, 0.6) is 0 Å². The quantitative estimate of drug-likeness (QED) is 0.590. The SMILES string of the molecule is [B]N1CC[C@H](N(C)c2c(Cl)c(C(=O)CC3C4CC5CC3CC(O)(C5)C4)nn2C)C1. The fourth-order valence-electron chi connectivity index (χ4n) is 7.04. The van der Waals surface area contributed by atoms with Gasteiger partial charge < -0.3 is 14.8 Å². The molecule has 8 heteroatoms. The molecule has 5 aliphatic rings. The van der Waals surface area contributed by atoms with E-state index in [-0.39, 0.29) is 11.8 Å². The number of aromatic nitrogens is 2. The molecule has 2 unspecified atom stereocenters. The van der Waals surface area contributed by atoms with Crippen molar-refractivity contribution in [3.63, 3.8) is 0 Å².